The summed E-state index contributed by atoms with van der Waals surface area (Å²) in [5.74, 6) is 0.229. The van der Waals surface area contributed by atoms with Crippen molar-refractivity contribution in [3.05, 3.63) is 59.7 Å². The molecule has 1 saturated heterocycles. The van der Waals surface area contributed by atoms with Crippen LogP contribution in [0.3, 0.4) is 0 Å². The molecule has 2 aromatic rings. The summed E-state index contributed by atoms with van der Waals surface area (Å²) in [5, 5.41) is 2.84. The van der Waals surface area contributed by atoms with Gasteiger partial charge in [0.2, 0.25) is 15.9 Å². The van der Waals surface area contributed by atoms with E-state index in [4.69, 9.17) is 9.47 Å². The number of carbonyl (C=O) groups excluding carboxylic acids is 1. The zero-order chi connectivity index (χ0) is 21.6. The lowest BCUT2D eigenvalue weighted by Gasteiger charge is -2.20. The van der Waals surface area contributed by atoms with E-state index >= 15 is 0 Å². The van der Waals surface area contributed by atoms with Gasteiger partial charge in [0, 0.05) is 13.2 Å². The molecule has 30 heavy (non-hydrogen) atoms. The summed E-state index contributed by atoms with van der Waals surface area (Å²) in [6.07, 6.45) is 2.08. The van der Waals surface area contributed by atoms with Crippen LogP contribution >= 0.6 is 0 Å². The number of rotatable bonds is 9. The minimum absolute atomic E-state index is 0.0211. The molecule has 0 radical (unpaired) electrons. The lowest BCUT2D eigenvalue weighted by Crippen LogP contribution is -2.49. The van der Waals surface area contributed by atoms with Gasteiger partial charge in [-0.25, -0.2) is 8.42 Å². The fourth-order valence-corrected chi connectivity index (χ4v) is 4.73. The standard InChI is InChI=1S/C22H28N2O5S/c1-16-13-19(10-11-21(16)28-2)30(26,27)24-20(14-17-7-4-3-5-8-17)22(25)23-15-18-9-6-12-29-18/h3-5,7-8,10-11,13,18,20,24H,6,9,12,14-15H2,1-2H3,(H,23,25)/t18-,20-/m1/s1. The highest BCUT2D eigenvalue weighted by atomic mass is 32.2. The number of aryl methyl sites for hydroxylation is 1. The molecule has 1 aliphatic rings. The molecule has 0 unspecified atom stereocenters. The average molecular weight is 433 g/mol. The summed E-state index contributed by atoms with van der Waals surface area (Å²) in [5.41, 5.74) is 1.56. The molecule has 3 rings (SSSR count). The van der Waals surface area contributed by atoms with Crippen LogP contribution in [0, 0.1) is 6.92 Å². The summed E-state index contributed by atoms with van der Waals surface area (Å²) in [4.78, 5) is 13.0. The molecular formula is C22H28N2O5S. The molecule has 2 atom stereocenters. The molecule has 0 bridgehead atoms. The Kier molecular flexibility index (Phi) is 7.47. The van der Waals surface area contributed by atoms with Crippen molar-refractivity contribution in [3.8, 4) is 5.75 Å². The third kappa shape index (κ3) is 5.81. The van der Waals surface area contributed by atoms with Gasteiger partial charge in [0.25, 0.3) is 0 Å². The number of sulfonamides is 1. The van der Waals surface area contributed by atoms with Gasteiger partial charge in [0.15, 0.2) is 0 Å². The highest BCUT2D eigenvalue weighted by Crippen LogP contribution is 2.21. The molecule has 0 aromatic heterocycles. The maximum atomic E-state index is 13.0. The van der Waals surface area contributed by atoms with Gasteiger partial charge in [-0.1, -0.05) is 30.3 Å². The molecule has 162 valence electrons. The fraction of sp³-hybridized carbons (Fsp3) is 0.409. The van der Waals surface area contributed by atoms with E-state index in [2.05, 4.69) is 10.0 Å². The molecule has 1 amide bonds. The van der Waals surface area contributed by atoms with Crippen LogP contribution in [0.1, 0.15) is 24.0 Å². The maximum absolute atomic E-state index is 13.0. The van der Waals surface area contributed by atoms with Gasteiger partial charge in [-0.15, -0.1) is 0 Å². The molecule has 1 fully saturated rings. The Bertz CT molecular complexity index is 957. The molecule has 2 N–H and O–H groups in total. The highest BCUT2D eigenvalue weighted by Gasteiger charge is 2.27. The van der Waals surface area contributed by atoms with Gasteiger partial charge in [0.05, 0.1) is 18.1 Å². The number of nitrogens with one attached hydrogen (secondary N) is 2. The van der Waals surface area contributed by atoms with Crippen molar-refractivity contribution in [3.63, 3.8) is 0 Å². The zero-order valence-electron chi connectivity index (χ0n) is 17.3. The number of ether oxygens (including phenoxy) is 2. The van der Waals surface area contributed by atoms with E-state index in [0.717, 1.165) is 18.4 Å². The first-order chi connectivity index (χ1) is 14.4. The fourth-order valence-electron chi connectivity index (χ4n) is 3.45. The number of hydrogen-bond donors (Lipinski definition) is 2. The topological polar surface area (TPSA) is 93.7 Å². The van der Waals surface area contributed by atoms with E-state index in [9.17, 15) is 13.2 Å². The predicted molar refractivity (Wildman–Crippen MR) is 114 cm³/mol. The molecule has 1 heterocycles. The van der Waals surface area contributed by atoms with Gasteiger partial charge in [-0.05, 0) is 55.5 Å². The molecule has 1 aliphatic heterocycles. The van der Waals surface area contributed by atoms with Gasteiger partial charge in [-0.3, -0.25) is 4.79 Å². The van der Waals surface area contributed by atoms with Gasteiger partial charge in [-0.2, -0.15) is 4.72 Å². The van der Waals surface area contributed by atoms with Crippen molar-refractivity contribution in [2.45, 2.75) is 43.2 Å². The largest absolute Gasteiger partial charge is 0.496 e. The number of carbonyl (C=O) groups is 1. The van der Waals surface area contributed by atoms with Gasteiger partial charge >= 0.3 is 0 Å². The van der Waals surface area contributed by atoms with Crippen LogP contribution < -0.4 is 14.8 Å². The summed E-state index contributed by atoms with van der Waals surface area (Å²) >= 11 is 0. The van der Waals surface area contributed by atoms with Crippen LogP contribution in [0.2, 0.25) is 0 Å². The zero-order valence-corrected chi connectivity index (χ0v) is 18.1. The number of methoxy groups -OCH3 is 1. The molecule has 0 aliphatic carbocycles. The van der Waals surface area contributed by atoms with E-state index in [0.29, 0.717) is 24.5 Å². The Balaban J connectivity index is 1.77. The lowest BCUT2D eigenvalue weighted by atomic mass is 10.1. The van der Waals surface area contributed by atoms with Crippen LogP contribution in [0.15, 0.2) is 53.4 Å². The normalized spacial score (nSPS) is 17.5. The second-order valence-electron chi connectivity index (χ2n) is 7.38. The van der Waals surface area contributed by atoms with Crippen molar-refractivity contribution in [2.75, 3.05) is 20.3 Å². The Morgan fingerprint density at radius 2 is 2.00 bits per heavy atom. The first-order valence-corrected chi connectivity index (χ1v) is 11.5. The smallest absolute Gasteiger partial charge is 0.241 e. The summed E-state index contributed by atoms with van der Waals surface area (Å²) in [6.45, 7) is 2.83. The third-order valence-electron chi connectivity index (χ3n) is 5.10. The number of amides is 1. The molecule has 8 heteroatoms. The summed E-state index contributed by atoms with van der Waals surface area (Å²) in [7, 11) is -2.38. The molecule has 7 nitrogen and oxygen atoms in total. The first-order valence-electron chi connectivity index (χ1n) is 9.99. The molecule has 2 aromatic carbocycles. The van der Waals surface area contributed by atoms with Crippen LogP contribution in [-0.2, 0) is 26.0 Å². The second kappa shape index (κ2) is 10.1. The van der Waals surface area contributed by atoms with E-state index in [1.807, 2.05) is 30.3 Å². The monoisotopic (exact) mass is 432 g/mol. The van der Waals surface area contributed by atoms with Crippen LogP contribution in [-0.4, -0.2) is 46.7 Å². The predicted octanol–water partition coefficient (Wildman–Crippen LogP) is 2.19. The minimum atomic E-state index is -3.91. The average Bonchev–Trinajstić information content (AvgIpc) is 3.26. The minimum Gasteiger partial charge on any atom is -0.496 e. The third-order valence-corrected chi connectivity index (χ3v) is 6.57. The highest BCUT2D eigenvalue weighted by molar-refractivity contribution is 7.89. The van der Waals surface area contributed by atoms with Gasteiger partial charge in [0.1, 0.15) is 11.8 Å². The molecule has 0 saturated carbocycles. The van der Waals surface area contributed by atoms with Crippen molar-refractivity contribution < 1.29 is 22.7 Å². The van der Waals surface area contributed by atoms with Gasteiger partial charge < -0.3 is 14.8 Å². The summed E-state index contributed by atoms with van der Waals surface area (Å²) in [6, 6.07) is 13.0. The Morgan fingerprint density at radius 3 is 2.63 bits per heavy atom. The van der Waals surface area contributed by atoms with Crippen molar-refractivity contribution in [1.82, 2.24) is 10.0 Å². The Labute approximate surface area is 177 Å². The number of benzene rings is 2. The van der Waals surface area contributed by atoms with E-state index in [1.165, 1.54) is 19.2 Å². The van der Waals surface area contributed by atoms with E-state index < -0.39 is 16.1 Å². The SMILES string of the molecule is COc1ccc(S(=O)(=O)N[C@H](Cc2ccccc2)C(=O)NC[C@H]2CCCO2)cc1C. The Hall–Kier alpha value is -2.42. The Morgan fingerprint density at radius 1 is 1.23 bits per heavy atom. The quantitative estimate of drug-likeness (QED) is 0.634. The number of hydrogen-bond acceptors (Lipinski definition) is 5. The van der Waals surface area contributed by atoms with Crippen LogP contribution in [0.25, 0.3) is 0 Å². The first kappa shape index (κ1) is 22.3. The maximum Gasteiger partial charge on any atom is 0.241 e. The molecular weight excluding hydrogens is 404 g/mol. The van der Waals surface area contributed by atoms with Crippen LogP contribution in [0.4, 0.5) is 0 Å². The second-order valence-corrected chi connectivity index (χ2v) is 9.09. The molecule has 0 spiro atoms. The van der Waals surface area contributed by atoms with Crippen molar-refractivity contribution in [1.29, 1.82) is 0 Å². The van der Waals surface area contributed by atoms with E-state index in [-0.39, 0.29) is 23.3 Å². The van der Waals surface area contributed by atoms with Crippen molar-refractivity contribution >= 4 is 15.9 Å². The van der Waals surface area contributed by atoms with Crippen molar-refractivity contribution in [2.24, 2.45) is 0 Å². The van der Waals surface area contributed by atoms with E-state index in [1.54, 1.807) is 13.0 Å². The summed E-state index contributed by atoms with van der Waals surface area (Å²) < 4.78 is 39.3. The lowest BCUT2D eigenvalue weighted by molar-refractivity contribution is -0.123. The van der Waals surface area contributed by atoms with Crippen LogP contribution in [0.5, 0.6) is 5.75 Å².